The monoisotopic (exact) mass is 314 g/mol. The minimum absolute atomic E-state index is 0.452. The van der Waals surface area contributed by atoms with Gasteiger partial charge in [0, 0.05) is 18.3 Å². The van der Waals surface area contributed by atoms with Gasteiger partial charge in [-0.2, -0.15) is 5.10 Å². The molecule has 0 amide bonds. The number of anilines is 1. The third-order valence-electron chi connectivity index (χ3n) is 2.37. The Morgan fingerprint density at radius 1 is 1.47 bits per heavy atom. The van der Waals surface area contributed by atoms with Crippen molar-refractivity contribution < 1.29 is 0 Å². The molecule has 0 saturated heterocycles. The van der Waals surface area contributed by atoms with Crippen molar-refractivity contribution >= 4 is 33.3 Å². The van der Waals surface area contributed by atoms with E-state index < -0.39 is 0 Å². The van der Waals surface area contributed by atoms with Crippen LogP contribution >= 0.6 is 27.5 Å². The molecule has 90 valence electrons. The Bertz CT molecular complexity index is 538. The van der Waals surface area contributed by atoms with Gasteiger partial charge in [0.1, 0.15) is 5.82 Å². The van der Waals surface area contributed by atoms with Crippen LogP contribution in [0, 0.1) is 0 Å². The summed E-state index contributed by atoms with van der Waals surface area (Å²) < 4.78 is 2.79. The van der Waals surface area contributed by atoms with E-state index >= 15 is 0 Å². The molecule has 0 bridgehead atoms. The molecule has 0 aromatic carbocycles. The lowest BCUT2D eigenvalue weighted by Gasteiger charge is -2.09. The van der Waals surface area contributed by atoms with Crippen LogP contribution in [0.3, 0.4) is 0 Å². The van der Waals surface area contributed by atoms with E-state index in [1.54, 1.807) is 12.3 Å². The number of nitrogen functional groups attached to an aromatic ring is 1. The van der Waals surface area contributed by atoms with Crippen molar-refractivity contribution in [2.75, 3.05) is 5.73 Å². The molecule has 2 heterocycles. The molecule has 0 saturated carbocycles. The van der Waals surface area contributed by atoms with Crippen molar-refractivity contribution in [2.24, 2.45) is 0 Å². The quantitative estimate of drug-likeness (QED) is 0.945. The van der Waals surface area contributed by atoms with E-state index in [9.17, 15) is 0 Å². The molecule has 0 aliphatic heterocycles. The van der Waals surface area contributed by atoms with Crippen molar-refractivity contribution in [1.29, 1.82) is 0 Å². The molecule has 2 rings (SSSR count). The van der Waals surface area contributed by atoms with Crippen LogP contribution in [-0.2, 0) is 6.54 Å². The Morgan fingerprint density at radius 3 is 2.94 bits per heavy atom. The third-order valence-corrected chi connectivity index (χ3v) is 3.16. The zero-order valence-electron chi connectivity index (χ0n) is 9.32. The summed E-state index contributed by atoms with van der Waals surface area (Å²) in [6.07, 6.45) is 4.29. The van der Waals surface area contributed by atoms with Crippen LogP contribution in [0.15, 0.2) is 22.9 Å². The summed E-state index contributed by atoms with van der Waals surface area (Å²) in [6, 6.07) is 1.80. The number of hydrogen-bond donors (Lipinski definition) is 1. The maximum atomic E-state index is 5.95. The van der Waals surface area contributed by atoms with Crippen LogP contribution in [0.25, 0.3) is 11.3 Å². The second-order valence-corrected chi connectivity index (χ2v) is 4.94. The first-order valence-corrected chi connectivity index (χ1v) is 6.43. The van der Waals surface area contributed by atoms with Gasteiger partial charge in [0.05, 0.1) is 21.4 Å². The smallest absolute Gasteiger partial charge is 0.132 e. The van der Waals surface area contributed by atoms with E-state index in [0.717, 1.165) is 28.7 Å². The highest BCUT2D eigenvalue weighted by Crippen LogP contribution is 2.32. The molecule has 0 spiro atoms. The molecule has 6 heteroatoms. The normalized spacial score (nSPS) is 10.8. The number of nitrogens with zero attached hydrogens (tertiary/aromatic N) is 3. The van der Waals surface area contributed by atoms with Crippen molar-refractivity contribution in [1.82, 2.24) is 14.8 Å². The summed E-state index contributed by atoms with van der Waals surface area (Å²) in [5, 5.41) is 4.86. The average Bonchev–Trinajstić information content (AvgIpc) is 2.64. The fraction of sp³-hybridized carbons (Fsp3) is 0.273. The lowest BCUT2D eigenvalue weighted by molar-refractivity contribution is 0.609. The maximum Gasteiger partial charge on any atom is 0.132 e. The first-order chi connectivity index (χ1) is 8.13. The van der Waals surface area contributed by atoms with Crippen LogP contribution in [0.2, 0.25) is 5.02 Å². The van der Waals surface area contributed by atoms with E-state index in [0.29, 0.717) is 10.8 Å². The summed E-state index contributed by atoms with van der Waals surface area (Å²) in [5.41, 5.74) is 7.60. The molecular weight excluding hydrogens is 304 g/mol. The molecule has 2 aromatic rings. The number of aromatic nitrogens is 3. The number of rotatable bonds is 3. The van der Waals surface area contributed by atoms with Crippen LogP contribution in [0.4, 0.5) is 5.82 Å². The summed E-state index contributed by atoms with van der Waals surface area (Å²) in [4.78, 5) is 4.06. The van der Waals surface area contributed by atoms with Gasteiger partial charge in [0.25, 0.3) is 0 Å². The highest BCUT2D eigenvalue weighted by molar-refractivity contribution is 9.10. The molecule has 2 aromatic heterocycles. The Labute approximate surface area is 113 Å². The third kappa shape index (κ3) is 2.45. The minimum Gasteiger partial charge on any atom is -0.383 e. The van der Waals surface area contributed by atoms with Gasteiger partial charge in [-0.3, -0.25) is 4.68 Å². The summed E-state index contributed by atoms with van der Waals surface area (Å²) in [7, 11) is 0. The highest BCUT2D eigenvalue weighted by Gasteiger charge is 2.14. The van der Waals surface area contributed by atoms with Gasteiger partial charge in [0.15, 0.2) is 0 Å². The van der Waals surface area contributed by atoms with E-state index in [1.165, 1.54) is 6.20 Å². The summed E-state index contributed by atoms with van der Waals surface area (Å²) in [5.74, 6) is 0.452. The maximum absolute atomic E-state index is 5.95. The molecule has 0 aliphatic rings. The Balaban J connectivity index is 2.58. The number of aryl methyl sites for hydroxylation is 1. The number of nitrogens with two attached hydrogens (primary N) is 1. The average molecular weight is 316 g/mol. The molecule has 17 heavy (non-hydrogen) atoms. The second-order valence-electron chi connectivity index (χ2n) is 3.65. The second kappa shape index (κ2) is 5.06. The molecule has 0 radical (unpaired) electrons. The fourth-order valence-corrected chi connectivity index (χ4v) is 2.32. The molecule has 0 fully saturated rings. The first-order valence-electron chi connectivity index (χ1n) is 5.26. The molecule has 0 aliphatic carbocycles. The summed E-state index contributed by atoms with van der Waals surface area (Å²) >= 11 is 9.43. The molecular formula is C11H12BrClN4. The van der Waals surface area contributed by atoms with Gasteiger partial charge in [-0.15, -0.1) is 0 Å². The molecule has 0 atom stereocenters. The van der Waals surface area contributed by atoms with E-state index in [4.69, 9.17) is 17.3 Å². The van der Waals surface area contributed by atoms with Gasteiger partial charge in [-0.05, 0) is 28.4 Å². The SMILES string of the molecule is CCCn1ncc(Br)c1-c1cc(Cl)cnc1N. The Morgan fingerprint density at radius 2 is 2.24 bits per heavy atom. The van der Waals surface area contributed by atoms with Crippen molar-refractivity contribution in [3.63, 3.8) is 0 Å². The Kier molecular flexibility index (Phi) is 3.69. The van der Waals surface area contributed by atoms with E-state index in [1.807, 2.05) is 4.68 Å². The van der Waals surface area contributed by atoms with E-state index in [2.05, 4.69) is 32.9 Å². The van der Waals surface area contributed by atoms with Crippen LogP contribution < -0.4 is 5.73 Å². The van der Waals surface area contributed by atoms with Crippen molar-refractivity contribution in [2.45, 2.75) is 19.9 Å². The Hall–Kier alpha value is -1.07. The van der Waals surface area contributed by atoms with Gasteiger partial charge >= 0.3 is 0 Å². The van der Waals surface area contributed by atoms with Crippen LogP contribution in [-0.4, -0.2) is 14.8 Å². The van der Waals surface area contributed by atoms with Gasteiger partial charge in [-0.1, -0.05) is 18.5 Å². The minimum atomic E-state index is 0.452. The molecule has 2 N–H and O–H groups in total. The van der Waals surface area contributed by atoms with Crippen LogP contribution in [0.5, 0.6) is 0 Å². The first kappa shape index (κ1) is 12.4. The standard InChI is InChI=1S/C11H12BrClN4/c1-2-3-17-10(9(12)6-16-17)8-4-7(13)5-15-11(8)14/h4-6H,2-3H2,1H3,(H2,14,15). The van der Waals surface area contributed by atoms with E-state index in [-0.39, 0.29) is 0 Å². The lowest BCUT2D eigenvalue weighted by Crippen LogP contribution is -2.03. The highest BCUT2D eigenvalue weighted by atomic mass is 79.9. The largest absolute Gasteiger partial charge is 0.383 e. The fourth-order valence-electron chi connectivity index (χ4n) is 1.65. The summed E-state index contributed by atoms with van der Waals surface area (Å²) in [6.45, 7) is 2.92. The number of pyridine rings is 1. The zero-order valence-corrected chi connectivity index (χ0v) is 11.7. The predicted octanol–water partition coefficient (Wildman–Crippen LogP) is 3.35. The van der Waals surface area contributed by atoms with Gasteiger partial charge in [0.2, 0.25) is 0 Å². The zero-order chi connectivity index (χ0) is 12.4. The molecule has 0 unspecified atom stereocenters. The number of hydrogen-bond acceptors (Lipinski definition) is 3. The van der Waals surface area contributed by atoms with Gasteiger partial charge in [-0.25, -0.2) is 4.98 Å². The lowest BCUT2D eigenvalue weighted by atomic mass is 10.2. The van der Waals surface area contributed by atoms with Crippen molar-refractivity contribution in [3.8, 4) is 11.3 Å². The predicted molar refractivity (Wildman–Crippen MR) is 72.9 cm³/mol. The van der Waals surface area contributed by atoms with Crippen LogP contribution in [0.1, 0.15) is 13.3 Å². The van der Waals surface area contributed by atoms with Gasteiger partial charge < -0.3 is 5.73 Å². The van der Waals surface area contributed by atoms with Crippen molar-refractivity contribution in [3.05, 3.63) is 28.0 Å². The number of halogens is 2. The molecule has 4 nitrogen and oxygen atoms in total. The topological polar surface area (TPSA) is 56.7 Å².